The molecule has 0 amide bonds. The van der Waals surface area contributed by atoms with Gasteiger partial charge in [-0.05, 0) is 12.8 Å². The van der Waals surface area contributed by atoms with Crippen molar-refractivity contribution in [3.8, 4) is 0 Å². The number of allylic oxidation sites excluding steroid dienone is 3. The van der Waals surface area contributed by atoms with Gasteiger partial charge in [0.25, 0.3) is 0 Å². The average molecular weight is 215 g/mol. The lowest BCUT2D eigenvalue weighted by molar-refractivity contribution is 0.458. The van der Waals surface area contributed by atoms with Gasteiger partial charge in [0.15, 0.2) is 0 Å². The van der Waals surface area contributed by atoms with Gasteiger partial charge in [0, 0.05) is 14.1 Å². The molecule has 0 aromatic carbocycles. The van der Waals surface area contributed by atoms with E-state index in [1.807, 2.05) is 19.1 Å². The molecule has 0 N–H and O–H groups in total. The van der Waals surface area contributed by atoms with E-state index in [1.165, 1.54) is 4.31 Å². The quantitative estimate of drug-likeness (QED) is 0.698. The van der Waals surface area contributed by atoms with Gasteiger partial charge in [0.05, 0.1) is 0 Å². The van der Waals surface area contributed by atoms with Crippen molar-refractivity contribution in [1.29, 1.82) is 0 Å². The van der Waals surface area contributed by atoms with Gasteiger partial charge >= 0.3 is 0 Å². The van der Waals surface area contributed by atoms with Crippen LogP contribution in [-0.4, -0.2) is 31.6 Å². The second-order valence-electron chi connectivity index (χ2n) is 4.00. The molecule has 80 valence electrons. The second-order valence-corrected chi connectivity index (χ2v) is 6.56. The zero-order valence-corrected chi connectivity index (χ0v) is 9.88. The maximum Gasteiger partial charge on any atom is 0.223 e. The molecule has 0 saturated heterocycles. The Kier molecular flexibility index (Phi) is 2.88. The molecule has 1 aliphatic carbocycles. The second kappa shape index (κ2) is 3.51. The summed E-state index contributed by atoms with van der Waals surface area (Å²) in [6.07, 6.45) is 7.35. The van der Waals surface area contributed by atoms with Crippen LogP contribution in [-0.2, 0) is 10.0 Å². The van der Waals surface area contributed by atoms with Crippen molar-refractivity contribution in [3.05, 3.63) is 24.3 Å². The van der Waals surface area contributed by atoms with Crippen LogP contribution in [0.25, 0.3) is 0 Å². The molecule has 0 fully saturated rings. The van der Waals surface area contributed by atoms with E-state index in [0.29, 0.717) is 0 Å². The molecule has 0 spiro atoms. The maximum atomic E-state index is 12.1. The van der Waals surface area contributed by atoms with E-state index < -0.39 is 14.8 Å². The molecule has 2 unspecified atom stereocenters. The highest BCUT2D eigenvalue weighted by molar-refractivity contribution is 7.90. The molecule has 0 saturated carbocycles. The van der Waals surface area contributed by atoms with Gasteiger partial charge in [0.2, 0.25) is 10.0 Å². The maximum absolute atomic E-state index is 12.1. The Labute approximate surface area is 86.2 Å². The topological polar surface area (TPSA) is 37.4 Å². The minimum Gasteiger partial charge on any atom is -0.211 e. The van der Waals surface area contributed by atoms with Crippen molar-refractivity contribution in [2.75, 3.05) is 14.1 Å². The number of sulfonamides is 1. The van der Waals surface area contributed by atoms with Crippen molar-refractivity contribution in [2.45, 2.75) is 18.6 Å². The monoisotopic (exact) mass is 215 g/mol. The lowest BCUT2D eigenvalue weighted by Crippen LogP contribution is -2.46. The van der Waals surface area contributed by atoms with Gasteiger partial charge < -0.3 is 0 Å². The highest BCUT2D eigenvalue weighted by Crippen LogP contribution is 2.33. The van der Waals surface area contributed by atoms with Crippen molar-refractivity contribution in [3.63, 3.8) is 0 Å². The van der Waals surface area contributed by atoms with E-state index in [0.717, 1.165) is 0 Å². The predicted octanol–water partition coefficient (Wildman–Crippen LogP) is 1.40. The zero-order chi connectivity index (χ0) is 11.0. The van der Waals surface area contributed by atoms with Crippen LogP contribution in [0.15, 0.2) is 24.3 Å². The predicted molar refractivity (Wildman–Crippen MR) is 58.5 cm³/mol. The number of nitrogens with zero attached hydrogens (tertiary/aromatic N) is 1. The number of hydrogen-bond donors (Lipinski definition) is 0. The highest BCUT2D eigenvalue weighted by atomic mass is 32.2. The van der Waals surface area contributed by atoms with Gasteiger partial charge in [-0.25, -0.2) is 12.7 Å². The summed E-state index contributed by atoms with van der Waals surface area (Å²) < 4.78 is 24.6. The summed E-state index contributed by atoms with van der Waals surface area (Å²) in [7, 11) is -0.116. The Hall–Kier alpha value is -0.610. The van der Waals surface area contributed by atoms with Crippen LogP contribution in [0.1, 0.15) is 13.8 Å². The van der Waals surface area contributed by atoms with E-state index in [-0.39, 0.29) is 5.92 Å². The van der Waals surface area contributed by atoms with E-state index in [1.54, 1.807) is 33.2 Å². The third kappa shape index (κ3) is 1.53. The Morgan fingerprint density at radius 1 is 1.29 bits per heavy atom. The summed E-state index contributed by atoms with van der Waals surface area (Å²) in [5.74, 6) is -0.0000926. The third-order valence-electron chi connectivity index (χ3n) is 2.88. The SMILES string of the molecule is CC1C=CC=CC1(C)S(=O)(=O)N(C)C. The van der Waals surface area contributed by atoms with Crippen LogP contribution in [0.4, 0.5) is 0 Å². The van der Waals surface area contributed by atoms with Crippen LogP contribution in [0, 0.1) is 5.92 Å². The summed E-state index contributed by atoms with van der Waals surface area (Å²) >= 11 is 0. The average Bonchev–Trinajstić information content (AvgIpc) is 2.09. The summed E-state index contributed by atoms with van der Waals surface area (Å²) in [6, 6.07) is 0. The molecule has 0 radical (unpaired) electrons. The molecule has 2 atom stereocenters. The summed E-state index contributed by atoms with van der Waals surface area (Å²) in [4.78, 5) is 0. The molecule has 0 aromatic heterocycles. The van der Waals surface area contributed by atoms with Crippen molar-refractivity contribution >= 4 is 10.0 Å². The third-order valence-corrected chi connectivity index (χ3v) is 5.46. The molecule has 0 aliphatic heterocycles. The van der Waals surface area contributed by atoms with E-state index in [9.17, 15) is 8.42 Å². The van der Waals surface area contributed by atoms with Crippen molar-refractivity contribution in [1.82, 2.24) is 4.31 Å². The van der Waals surface area contributed by atoms with Gasteiger partial charge in [-0.3, -0.25) is 0 Å². The lowest BCUT2D eigenvalue weighted by atomic mass is 9.91. The molecular formula is C10H17NO2S. The number of rotatable bonds is 2. The van der Waals surface area contributed by atoms with Gasteiger partial charge in [-0.2, -0.15) is 0 Å². The number of hydrogen-bond acceptors (Lipinski definition) is 2. The molecule has 14 heavy (non-hydrogen) atoms. The fourth-order valence-corrected chi connectivity index (χ4v) is 3.12. The van der Waals surface area contributed by atoms with Gasteiger partial charge in [-0.15, -0.1) is 0 Å². The molecule has 1 rings (SSSR count). The molecular weight excluding hydrogens is 198 g/mol. The minimum absolute atomic E-state index is 0.0000926. The molecule has 0 bridgehead atoms. The van der Waals surface area contributed by atoms with E-state index >= 15 is 0 Å². The normalized spacial score (nSPS) is 32.5. The standard InChI is InChI=1S/C10H17NO2S/c1-9-7-5-6-8-10(9,2)14(12,13)11(3)4/h5-9H,1-4H3. The lowest BCUT2D eigenvalue weighted by Gasteiger charge is -2.34. The van der Waals surface area contributed by atoms with Crippen LogP contribution < -0.4 is 0 Å². The fourth-order valence-electron chi connectivity index (χ4n) is 1.53. The summed E-state index contributed by atoms with van der Waals surface area (Å²) in [5, 5.41) is 0. The molecule has 0 heterocycles. The first-order chi connectivity index (χ1) is 6.32. The van der Waals surface area contributed by atoms with Crippen LogP contribution in [0.5, 0.6) is 0 Å². The molecule has 4 heteroatoms. The zero-order valence-electron chi connectivity index (χ0n) is 9.06. The van der Waals surface area contributed by atoms with E-state index in [4.69, 9.17) is 0 Å². The molecule has 0 aromatic rings. The van der Waals surface area contributed by atoms with Crippen LogP contribution in [0.3, 0.4) is 0 Å². The van der Waals surface area contributed by atoms with Crippen LogP contribution >= 0.6 is 0 Å². The minimum atomic E-state index is -3.25. The van der Waals surface area contributed by atoms with Gasteiger partial charge in [0.1, 0.15) is 4.75 Å². The Morgan fingerprint density at radius 3 is 2.29 bits per heavy atom. The molecule has 1 aliphatic rings. The molecule has 3 nitrogen and oxygen atoms in total. The largest absolute Gasteiger partial charge is 0.223 e. The van der Waals surface area contributed by atoms with Crippen LogP contribution in [0.2, 0.25) is 0 Å². The smallest absolute Gasteiger partial charge is 0.211 e. The first kappa shape index (κ1) is 11.5. The Balaban J connectivity index is 3.20. The summed E-state index contributed by atoms with van der Waals surface area (Å²) in [5.41, 5.74) is 0. The van der Waals surface area contributed by atoms with Crippen molar-refractivity contribution in [2.24, 2.45) is 5.92 Å². The van der Waals surface area contributed by atoms with E-state index in [2.05, 4.69) is 0 Å². The Morgan fingerprint density at radius 2 is 1.86 bits per heavy atom. The van der Waals surface area contributed by atoms with Gasteiger partial charge in [-0.1, -0.05) is 31.2 Å². The fraction of sp³-hybridized carbons (Fsp3) is 0.600. The first-order valence-corrected chi connectivity index (χ1v) is 6.04. The highest BCUT2D eigenvalue weighted by Gasteiger charge is 2.42. The van der Waals surface area contributed by atoms with Crippen molar-refractivity contribution < 1.29 is 8.42 Å². The Bertz CT molecular complexity index is 368. The first-order valence-electron chi connectivity index (χ1n) is 4.60. The summed E-state index contributed by atoms with van der Waals surface area (Å²) in [6.45, 7) is 3.67.